The van der Waals surface area contributed by atoms with E-state index >= 15 is 0 Å². The third kappa shape index (κ3) is 3.11. The van der Waals surface area contributed by atoms with E-state index in [-0.39, 0.29) is 11.4 Å². The fourth-order valence-electron chi connectivity index (χ4n) is 1.56. The number of hydrogen-bond acceptors (Lipinski definition) is 5. The van der Waals surface area contributed by atoms with Crippen LogP contribution in [0.15, 0.2) is 41.4 Å². The Morgan fingerprint density at radius 3 is 2.47 bits per heavy atom. The highest BCUT2D eigenvalue weighted by Crippen LogP contribution is 2.13. The maximum absolute atomic E-state index is 12.0. The average Bonchev–Trinajstić information content (AvgIpc) is 2.82. The molecule has 1 aromatic heterocycles. The van der Waals surface area contributed by atoms with Crippen LogP contribution < -0.4 is 16.0 Å². The van der Waals surface area contributed by atoms with Crippen LogP contribution in [-0.2, 0) is 23.6 Å². The maximum atomic E-state index is 12.0. The van der Waals surface area contributed by atoms with Crippen LogP contribution >= 0.6 is 0 Å². The first-order valence-corrected chi connectivity index (χ1v) is 7.04. The summed E-state index contributed by atoms with van der Waals surface area (Å²) in [6.45, 7) is 0.190. The van der Waals surface area contributed by atoms with Crippen LogP contribution in [0.2, 0.25) is 0 Å². The summed E-state index contributed by atoms with van der Waals surface area (Å²) in [6.07, 6.45) is 1.62. The van der Waals surface area contributed by atoms with Crippen molar-refractivity contribution in [1.82, 2.24) is 14.5 Å². The quantitative estimate of drug-likeness (QED) is 0.536. The van der Waals surface area contributed by atoms with Gasteiger partial charge in [-0.1, -0.05) is 0 Å². The van der Waals surface area contributed by atoms with Gasteiger partial charge in [0.1, 0.15) is 0 Å². The molecule has 0 radical (unpaired) electrons. The minimum absolute atomic E-state index is 0.189. The number of nitrogens with two attached hydrogens (primary N) is 1. The Morgan fingerprint density at radius 1 is 1.26 bits per heavy atom. The van der Waals surface area contributed by atoms with E-state index in [1.165, 1.54) is 12.1 Å². The van der Waals surface area contributed by atoms with Crippen molar-refractivity contribution < 1.29 is 8.42 Å². The molecule has 0 spiro atoms. The predicted octanol–water partition coefficient (Wildman–Crippen LogP) is 0.184. The molecule has 102 valence electrons. The van der Waals surface area contributed by atoms with Gasteiger partial charge in [0.15, 0.2) is 0 Å². The molecule has 19 heavy (non-hydrogen) atoms. The summed E-state index contributed by atoms with van der Waals surface area (Å²) in [4.78, 5) is 0.189. The standard InChI is InChI=1S/C11H15N5O2S/c1-16-10(6-7-13-16)8-14-19(17,18)11-4-2-9(15-12)3-5-11/h2-7,14-15H,8,12H2,1H3. The lowest BCUT2D eigenvalue weighted by atomic mass is 10.3. The number of nitrogens with zero attached hydrogens (tertiary/aromatic N) is 2. The molecule has 0 saturated carbocycles. The molecule has 0 fully saturated rings. The lowest BCUT2D eigenvalue weighted by molar-refractivity contribution is 0.577. The van der Waals surface area contributed by atoms with Gasteiger partial charge in [-0.2, -0.15) is 5.10 Å². The van der Waals surface area contributed by atoms with Gasteiger partial charge in [0, 0.05) is 18.9 Å². The van der Waals surface area contributed by atoms with E-state index in [1.54, 1.807) is 36.1 Å². The Balaban J connectivity index is 2.11. The number of hydrazine groups is 1. The fourth-order valence-corrected chi connectivity index (χ4v) is 2.56. The predicted molar refractivity (Wildman–Crippen MR) is 71.5 cm³/mol. The molecule has 4 N–H and O–H groups in total. The summed E-state index contributed by atoms with van der Waals surface area (Å²) in [7, 11) is -1.78. The van der Waals surface area contributed by atoms with E-state index in [9.17, 15) is 8.42 Å². The third-order valence-electron chi connectivity index (χ3n) is 2.70. The molecule has 1 aromatic carbocycles. The second-order valence-corrected chi connectivity index (χ2v) is 5.71. The number of rotatable bonds is 5. The van der Waals surface area contributed by atoms with Crippen molar-refractivity contribution in [3.8, 4) is 0 Å². The third-order valence-corrected chi connectivity index (χ3v) is 4.11. The molecular formula is C11H15N5O2S. The van der Waals surface area contributed by atoms with E-state index in [1.807, 2.05) is 0 Å². The van der Waals surface area contributed by atoms with Crippen LogP contribution in [0.5, 0.6) is 0 Å². The van der Waals surface area contributed by atoms with Crippen molar-refractivity contribution in [2.45, 2.75) is 11.4 Å². The Hall–Kier alpha value is -1.90. The summed E-state index contributed by atoms with van der Waals surface area (Å²) >= 11 is 0. The topological polar surface area (TPSA) is 102 Å². The van der Waals surface area contributed by atoms with Crippen LogP contribution in [0.4, 0.5) is 5.69 Å². The van der Waals surface area contributed by atoms with Crippen molar-refractivity contribution in [3.63, 3.8) is 0 Å². The highest BCUT2D eigenvalue weighted by atomic mass is 32.2. The van der Waals surface area contributed by atoms with Crippen molar-refractivity contribution in [3.05, 3.63) is 42.2 Å². The van der Waals surface area contributed by atoms with Gasteiger partial charge in [-0.05, 0) is 30.3 Å². The first kappa shape index (κ1) is 13.5. The van der Waals surface area contributed by atoms with Crippen molar-refractivity contribution in [1.29, 1.82) is 0 Å². The number of nitrogens with one attached hydrogen (secondary N) is 2. The zero-order chi connectivity index (χ0) is 13.9. The molecule has 1 heterocycles. The first-order chi connectivity index (χ1) is 9.03. The molecule has 0 aliphatic rings. The number of benzene rings is 1. The summed E-state index contributed by atoms with van der Waals surface area (Å²) in [5, 5.41) is 3.97. The van der Waals surface area contributed by atoms with Gasteiger partial charge in [-0.3, -0.25) is 10.5 Å². The smallest absolute Gasteiger partial charge is 0.240 e. The van der Waals surface area contributed by atoms with Gasteiger partial charge in [0.25, 0.3) is 0 Å². The normalized spacial score (nSPS) is 11.5. The molecular weight excluding hydrogens is 266 g/mol. The van der Waals surface area contributed by atoms with E-state index in [0.717, 1.165) is 5.69 Å². The van der Waals surface area contributed by atoms with Crippen LogP contribution in [0.3, 0.4) is 0 Å². The zero-order valence-corrected chi connectivity index (χ0v) is 11.2. The minimum atomic E-state index is -3.54. The maximum Gasteiger partial charge on any atom is 0.240 e. The number of anilines is 1. The van der Waals surface area contributed by atoms with Crippen LogP contribution in [-0.4, -0.2) is 18.2 Å². The van der Waals surface area contributed by atoms with E-state index in [2.05, 4.69) is 15.2 Å². The molecule has 2 aromatic rings. The largest absolute Gasteiger partial charge is 0.324 e. The van der Waals surface area contributed by atoms with Gasteiger partial charge in [0.05, 0.1) is 17.1 Å². The molecule has 0 amide bonds. The number of sulfonamides is 1. The van der Waals surface area contributed by atoms with Crippen molar-refractivity contribution >= 4 is 15.7 Å². The summed E-state index contributed by atoms with van der Waals surface area (Å²) < 4.78 is 28.2. The van der Waals surface area contributed by atoms with Crippen LogP contribution in [0.1, 0.15) is 5.69 Å². The van der Waals surface area contributed by atoms with Gasteiger partial charge >= 0.3 is 0 Å². The Kier molecular flexibility index (Phi) is 3.84. The average molecular weight is 281 g/mol. The molecule has 0 saturated heterocycles. The summed E-state index contributed by atoms with van der Waals surface area (Å²) in [5.41, 5.74) is 3.87. The van der Waals surface area contributed by atoms with Crippen molar-refractivity contribution in [2.75, 3.05) is 5.43 Å². The number of aromatic nitrogens is 2. The highest BCUT2D eigenvalue weighted by molar-refractivity contribution is 7.89. The molecule has 0 bridgehead atoms. The summed E-state index contributed by atoms with van der Waals surface area (Å²) in [6, 6.07) is 7.92. The number of aryl methyl sites for hydroxylation is 1. The molecule has 0 atom stereocenters. The number of nitrogen functional groups attached to an aromatic ring is 1. The zero-order valence-electron chi connectivity index (χ0n) is 10.4. The molecule has 8 heteroatoms. The minimum Gasteiger partial charge on any atom is -0.324 e. The van der Waals surface area contributed by atoms with Crippen LogP contribution in [0.25, 0.3) is 0 Å². The summed E-state index contributed by atoms with van der Waals surface area (Å²) in [5.74, 6) is 5.22. The monoisotopic (exact) mass is 281 g/mol. The number of hydrogen-bond donors (Lipinski definition) is 3. The van der Waals surface area contributed by atoms with Gasteiger partial charge < -0.3 is 5.43 Å². The Morgan fingerprint density at radius 2 is 1.95 bits per heavy atom. The van der Waals surface area contributed by atoms with E-state index in [4.69, 9.17) is 5.84 Å². The molecule has 0 aliphatic carbocycles. The fraction of sp³-hybridized carbons (Fsp3) is 0.182. The second kappa shape index (κ2) is 5.39. The van der Waals surface area contributed by atoms with Crippen molar-refractivity contribution in [2.24, 2.45) is 12.9 Å². The lowest BCUT2D eigenvalue weighted by Crippen LogP contribution is -2.24. The Labute approximate surface area is 111 Å². The van der Waals surface area contributed by atoms with Gasteiger partial charge in [-0.15, -0.1) is 0 Å². The van der Waals surface area contributed by atoms with E-state index in [0.29, 0.717) is 5.69 Å². The Bertz CT molecular complexity index is 648. The van der Waals surface area contributed by atoms with Gasteiger partial charge in [0.2, 0.25) is 10.0 Å². The van der Waals surface area contributed by atoms with E-state index < -0.39 is 10.0 Å². The first-order valence-electron chi connectivity index (χ1n) is 5.56. The molecule has 7 nitrogen and oxygen atoms in total. The van der Waals surface area contributed by atoms with Crippen LogP contribution in [0, 0.1) is 0 Å². The molecule has 2 rings (SSSR count). The molecule has 0 unspecified atom stereocenters. The SMILES string of the molecule is Cn1nccc1CNS(=O)(=O)c1ccc(NN)cc1. The second-order valence-electron chi connectivity index (χ2n) is 3.94. The lowest BCUT2D eigenvalue weighted by Gasteiger charge is -2.07. The van der Waals surface area contributed by atoms with Gasteiger partial charge in [-0.25, -0.2) is 13.1 Å². The highest BCUT2D eigenvalue weighted by Gasteiger charge is 2.14. The molecule has 0 aliphatic heterocycles.